The van der Waals surface area contributed by atoms with Crippen LogP contribution in [0.4, 0.5) is 0 Å². The summed E-state index contributed by atoms with van der Waals surface area (Å²) >= 11 is 3.39. The zero-order chi connectivity index (χ0) is 18.2. The Labute approximate surface area is 155 Å². The Morgan fingerprint density at radius 1 is 1.16 bits per heavy atom. The van der Waals surface area contributed by atoms with Crippen LogP contribution in [0.1, 0.15) is 35.3 Å². The van der Waals surface area contributed by atoms with Gasteiger partial charge in [0, 0.05) is 4.47 Å². The SMILES string of the molecule is CC[C@@H](NC(=O)COC(=O)c1cccc(OC)c1)c1ccc(Br)cc1. The maximum Gasteiger partial charge on any atom is 0.338 e. The summed E-state index contributed by atoms with van der Waals surface area (Å²) in [5.74, 6) is -0.350. The van der Waals surface area contributed by atoms with Gasteiger partial charge in [0.25, 0.3) is 5.91 Å². The Morgan fingerprint density at radius 2 is 1.88 bits per heavy atom. The minimum absolute atomic E-state index is 0.129. The van der Waals surface area contributed by atoms with Crippen molar-refractivity contribution >= 4 is 27.8 Å². The van der Waals surface area contributed by atoms with E-state index in [1.54, 1.807) is 24.3 Å². The molecule has 2 rings (SSSR count). The molecule has 1 atom stereocenters. The maximum atomic E-state index is 12.1. The van der Waals surface area contributed by atoms with Crippen molar-refractivity contribution in [1.29, 1.82) is 0 Å². The summed E-state index contributed by atoms with van der Waals surface area (Å²) in [4.78, 5) is 24.1. The minimum Gasteiger partial charge on any atom is -0.497 e. The number of esters is 1. The van der Waals surface area contributed by atoms with E-state index >= 15 is 0 Å². The number of hydrogen-bond acceptors (Lipinski definition) is 4. The summed E-state index contributed by atoms with van der Waals surface area (Å²) in [6, 6.07) is 14.2. The highest BCUT2D eigenvalue weighted by Gasteiger charge is 2.15. The zero-order valence-electron chi connectivity index (χ0n) is 14.1. The van der Waals surface area contributed by atoms with Crippen molar-refractivity contribution in [3.8, 4) is 5.75 Å². The highest BCUT2D eigenvalue weighted by Crippen LogP contribution is 2.19. The van der Waals surface area contributed by atoms with Gasteiger partial charge in [-0.1, -0.05) is 41.1 Å². The molecule has 0 radical (unpaired) electrons. The molecule has 6 heteroatoms. The third kappa shape index (κ3) is 5.60. The molecule has 0 aliphatic carbocycles. The van der Waals surface area contributed by atoms with Gasteiger partial charge in [0.1, 0.15) is 5.75 Å². The van der Waals surface area contributed by atoms with Crippen molar-refractivity contribution in [3.05, 3.63) is 64.1 Å². The van der Waals surface area contributed by atoms with Crippen molar-refractivity contribution in [2.75, 3.05) is 13.7 Å². The summed E-state index contributed by atoms with van der Waals surface area (Å²) in [7, 11) is 1.52. The Kier molecular flexibility index (Phi) is 7.01. The average Bonchev–Trinajstić information content (AvgIpc) is 2.65. The van der Waals surface area contributed by atoms with Crippen molar-refractivity contribution in [2.24, 2.45) is 0 Å². The quantitative estimate of drug-likeness (QED) is 0.709. The summed E-state index contributed by atoms with van der Waals surface area (Å²) in [6.07, 6.45) is 0.733. The summed E-state index contributed by atoms with van der Waals surface area (Å²) in [6.45, 7) is 1.65. The molecule has 0 saturated carbocycles. The van der Waals surface area contributed by atoms with Crippen LogP contribution >= 0.6 is 15.9 Å². The molecule has 0 aromatic heterocycles. The first-order chi connectivity index (χ1) is 12.0. The van der Waals surface area contributed by atoms with Gasteiger partial charge in [-0.05, 0) is 42.3 Å². The summed E-state index contributed by atoms with van der Waals surface area (Å²) in [5.41, 5.74) is 1.34. The molecule has 2 aromatic carbocycles. The monoisotopic (exact) mass is 405 g/mol. The summed E-state index contributed by atoms with van der Waals surface area (Å²) < 4.78 is 11.1. The van der Waals surface area contributed by atoms with Crippen LogP contribution in [-0.4, -0.2) is 25.6 Å². The van der Waals surface area contributed by atoms with Gasteiger partial charge < -0.3 is 14.8 Å². The standard InChI is InChI=1S/C19H20BrNO4/c1-3-17(13-7-9-15(20)10-8-13)21-18(22)12-25-19(23)14-5-4-6-16(11-14)24-2/h4-11,17H,3,12H2,1-2H3,(H,21,22)/t17-/m1/s1. The molecular formula is C19H20BrNO4. The highest BCUT2D eigenvalue weighted by atomic mass is 79.9. The Bertz CT molecular complexity index is 730. The van der Waals surface area contributed by atoms with E-state index in [9.17, 15) is 9.59 Å². The topological polar surface area (TPSA) is 64.6 Å². The van der Waals surface area contributed by atoms with Gasteiger partial charge >= 0.3 is 5.97 Å². The lowest BCUT2D eigenvalue weighted by molar-refractivity contribution is -0.125. The first-order valence-electron chi connectivity index (χ1n) is 7.89. The molecule has 1 amide bonds. The third-order valence-corrected chi connectivity index (χ3v) is 4.18. The normalized spacial score (nSPS) is 11.5. The van der Waals surface area contributed by atoms with E-state index in [0.29, 0.717) is 11.3 Å². The van der Waals surface area contributed by atoms with E-state index in [4.69, 9.17) is 9.47 Å². The molecule has 0 heterocycles. The maximum absolute atomic E-state index is 12.1. The molecule has 1 N–H and O–H groups in total. The molecule has 0 fully saturated rings. The minimum atomic E-state index is -0.564. The van der Waals surface area contributed by atoms with Crippen molar-refractivity contribution in [1.82, 2.24) is 5.32 Å². The molecule has 132 valence electrons. The van der Waals surface area contributed by atoms with E-state index < -0.39 is 5.97 Å². The second-order valence-corrected chi connectivity index (χ2v) is 6.30. The van der Waals surface area contributed by atoms with Crippen molar-refractivity contribution < 1.29 is 19.1 Å². The fourth-order valence-electron chi connectivity index (χ4n) is 2.32. The second-order valence-electron chi connectivity index (χ2n) is 5.39. The van der Waals surface area contributed by atoms with Crippen LogP contribution in [0, 0.1) is 0 Å². The van der Waals surface area contributed by atoms with Crippen LogP contribution < -0.4 is 10.1 Å². The molecule has 0 saturated heterocycles. The number of carbonyl (C=O) groups is 2. The molecule has 5 nitrogen and oxygen atoms in total. The molecule has 2 aromatic rings. The molecule has 0 aliphatic rings. The number of nitrogens with one attached hydrogen (secondary N) is 1. The van der Waals surface area contributed by atoms with Crippen LogP contribution in [-0.2, 0) is 9.53 Å². The van der Waals surface area contributed by atoms with Crippen LogP contribution in [0.25, 0.3) is 0 Å². The number of methoxy groups -OCH3 is 1. The molecule has 25 heavy (non-hydrogen) atoms. The number of amides is 1. The number of hydrogen-bond donors (Lipinski definition) is 1. The number of ether oxygens (including phenoxy) is 2. The smallest absolute Gasteiger partial charge is 0.338 e. The number of halogens is 1. The van der Waals surface area contributed by atoms with Gasteiger partial charge in [0.2, 0.25) is 0 Å². The second kappa shape index (κ2) is 9.22. The number of carbonyl (C=O) groups excluding carboxylic acids is 2. The summed E-state index contributed by atoms with van der Waals surface area (Å²) in [5, 5.41) is 2.88. The van der Waals surface area contributed by atoms with Crippen LogP contribution in [0.5, 0.6) is 5.75 Å². The van der Waals surface area contributed by atoms with Gasteiger partial charge in [-0.3, -0.25) is 4.79 Å². The predicted octanol–water partition coefficient (Wildman–Crippen LogP) is 3.88. The number of rotatable bonds is 7. The largest absolute Gasteiger partial charge is 0.497 e. The lowest BCUT2D eigenvalue weighted by atomic mass is 10.0. The Morgan fingerprint density at radius 3 is 2.52 bits per heavy atom. The average molecular weight is 406 g/mol. The molecule has 0 bridgehead atoms. The van der Waals surface area contributed by atoms with Gasteiger partial charge in [0.15, 0.2) is 6.61 Å². The first kappa shape index (κ1) is 19.0. The highest BCUT2D eigenvalue weighted by molar-refractivity contribution is 9.10. The predicted molar refractivity (Wildman–Crippen MR) is 98.6 cm³/mol. The van der Waals surface area contributed by atoms with E-state index in [1.165, 1.54) is 7.11 Å². The van der Waals surface area contributed by atoms with E-state index in [-0.39, 0.29) is 18.6 Å². The van der Waals surface area contributed by atoms with Crippen LogP contribution in [0.15, 0.2) is 53.0 Å². The van der Waals surface area contributed by atoms with Crippen LogP contribution in [0.3, 0.4) is 0 Å². The molecule has 0 aliphatic heterocycles. The molecule has 0 spiro atoms. The lowest BCUT2D eigenvalue weighted by Crippen LogP contribution is -2.32. The van der Waals surface area contributed by atoms with E-state index in [0.717, 1.165) is 16.5 Å². The molecule has 0 unspecified atom stereocenters. The Balaban J connectivity index is 1.90. The van der Waals surface area contributed by atoms with Crippen molar-refractivity contribution in [3.63, 3.8) is 0 Å². The third-order valence-electron chi connectivity index (χ3n) is 3.66. The van der Waals surface area contributed by atoms with Crippen molar-refractivity contribution in [2.45, 2.75) is 19.4 Å². The first-order valence-corrected chi connectivity index (χ1v) is 8.68. The van der Waals surface area contributed by atoms with Gasteiger partial charge in [-0.2, -0.15) is 0 Å². The lowest BCUT2D eigenvalue weighted by Gasteiger charge is -2.17. The van der Waals surface area contributed by atoms with Gasteiger partial charge in [-0.15, -0.1) is 0 Å². The van der Waals surface area contributed by atoms with Gasteiger partial charge in [-0.25, -0.2) is 4.79 Å². The fraction of sp³-hybridized carbons (Fsp3) is 0.263. The van der Waals surface area contributed by atoms with E-state index in [1.807, 2.05) is 31.2 Å². The van der Waals surface area contributed by atoms with Gasteiger partial charge in [0.05, 0.1) is 18.7 Å². The van der Waals surface area contributed by atoms with Crippen LogP contribution in [0.2, 0.25) is 0 Å². The Hall–Kier alpha value is -2.34. The zero-order valence-corrected chi connectivity index (χ0v) is 15.7. The molecular weight excluding hydrogens is 386 g/mol. The fourth-order valence-corrected chi connectivity index (χ4v) is 2.58. The van der Waals surface area contributed by atoms with E-state index in [2.05, 4.69) is 21.2 Å². The number of benzene rings is 2.